The first kappa shape index (κ1) is 26.0. The summed E-state index contributed by atoms with van der Waals surface area (Å²) in [6.45, 7) is 12.7. The molecular weight excluding hydrogens is 422 g/mol. The number of amides is 1. The van der Waals surface area contributed by atoms with Gasteiger partial charge < -0.3 is 15.2 Å². The smallest absolute Gasteiger partial charge is 0.407 e. The van der Waals surface area contributed by atoms with Gasteiger partial charge in [0.1, 0.15) is 6.10 Å². The second kappa shape index (κ2) is 10.5. The van der Waals surface area contributed by atoms with Crippen LogP contribution in [-0.4, -0.2) is 30.5 Å². The Bertz CT molecular complexity index is 747. The van der Waals surface area contributed by atoms with Crippen molar-refractivity contribution >= 4 is 6.09 Å². The van der Waals surface area contributed by atoms with E-state index in [-0.39, 0.29) is 30.8 Å². The zero-order valence-corrected chi connectivity index (χ0v) is 22.6. The van der Waals surface area contributed by atoms with Crippen LogP contribution < -0.4 is 5.32 Å². The average molecular weight is 474 g/mol. The lowest BCUT2D eigenvalue weighted by molar-refractivity contribution is -0.0581. The molecule has 1 amide bonds. The van der Waals surface area contributed by atoms with Gasteiger partial charge in [0, 0.05) is 13.0 Å². The van der Waals surface area contributed by atoms with E-state index in [9.17, 15) is 4.79 Å². The van der Waals surface area contributed by atoms with Crippen molar-refractivity contribution < 1.29 is 14.6 Å². The van der Waals surface area contributed by atoms with Gasteiger partial charge in [0.25, 0.3) is 0 Å². The van der Waals surface area contributed by atoms with Crippen LogP contribution in [0.2, 0.25) is 0 Å². The van der Waals surface area contributed by atoms with Gasteiger partial charge in [-0.2, -0.15) is 0 Å². The van der Waals surface area contributed by atoms with Gasteiger partial charge in [-0.3, -0.25) is 0 Å². The number of carbonyl (C=O) groups is 1. The highest BCUT2D eigenvalue weighted by molar-refractivity contribution is 5.67. The predicted molar refractivity (Wildman–Crippen MR) is 138 cm³/mol. The van der Waals surface area contributed by atoms with Crippen LogP contribution in [0.15, 0.2) is 11.6 Å². The highest BCUT2D eigenvalue weighted by atomic mass is 16.6. The molecule has 0 aromatic heterocycles. The molecule has 0 bridgehead atoms. The van der Waals surface area contributed by atoms with E-state index in [0.29, 0.717) is 5.41 Å². The van der Waals surface area contributed by atoms with Crippen molar-refractivity contribution in [3.63, 3.8) is 0 Å². The Morgan fingerprint density at radius 1 is 1.12 bits per heavy atom. The van der Waals surface area contributed by atoms with Crippen LogP contribution in [0.25, 0.3) is 0 Å². The van der Waals surface area contributed by atoms with E-state index in [1.54, 1.807) is 5.57 Å². The number of ether oxygens (including phenoxy) is 1. The van der Waals surface area contributed by atoms with Crippen molar-refractivity contribution in [2.24, 2.45) is 46.3 Å². The Labute approximate surface area is 208 Å². The Morgan fingerprint density at radius 3 is 2.65 bits per heavy atom. The summed E-state index contributed by atoms with van der Waals surface area (Å²) < 4.78 is 5.69. The quantitative estimate of drug-likeness (QED) is 0.369. The second-order valence-corrected chi connectivity index (χ2v) is 13.2. The van der Waals surface area contributed by atoms with E-state index in [1.807, 2.05) is 0 Å². The molecule has 4 nitrogen and oxygen atoms in total. The fourth-order valence-electron chi connectivity index (χ4n) is 9.10. The van der Waals surface area contributed by atoms with E-state index >= 15 is 0 Å². The molecule has 0 heterocycles. The maximum atomic E-state index is 12.0. The zero-order chi connectivity index (χ0) is 24.5. The minimum atomic E-state index is -0.384. The number of aliphatic hydroxyl groups is 1. The molecule has 4 rings (SSSR count). The topological polar surface area (TPSA) is 58.6 Å². The summed E-state index contributed by atoms with van der Waals surface area (Å²) in [6.07, 6.45) is 16.2. The van der Waals surface area contributed by atoms with Crippen LogP contribution in [0, 0.1) is 46.3 Å². The maximum Gasteiger partial charge on any atom is 0.407 e. The monoisotopic (exact) mass is 473 g/mol. The van der Waals surface area contributed by atoms with Gasteiger partial charge in [0.05, 0.1) is 6.61 Å². The molecule has 4 unspecified atom stereocenters. The molecule has 3 saturated carbocycles. The molecule has 194 valence electrons. The fourth-order valence-corrected chi connectivity index (χ4v) is 9.10. The number of rotatable bonds is 8. The summed E-state index contributed by atoms with van der Waals surface area (Å²) in [5.74, 6) is 5.12. The number of carbonyl (C=O) groups excluding carboxylic acids is 1. The van der Waals surface area contributed by atoms with Crippen molar-refractivity contribution in [3.8, 4) is 0 Å². The van der Waals surface area contributed by atoms with Gasteiger partial charge in [0.2, 0.25) is 0 Å². The molecule has 4 heteroatoms. The summed E-state index contributed by atoms with van der Waals surface area (Å²) in [4.78, 5) is 12.0. The molecule has 0 aromatic carbocycles. The third-order valence-corrected chi connectivity index (χ3v) is 10.9. The lowest BCUT2D eigenvalue weighted by Crippen LogP contribution is -2.51. The maximum absolute atomic E-state index is 12.0. The van der Waals surface area contributed by atoms with Gasteiger partial charge in [-0.15, -0.1) is 0 Å². The van der Waals surface area contributed by atoms with E-state index in [0.717, 1.165) is 54.8 Å². The Hall–Kier alpha value is -1.03. The van der Waals surface area contributed by atoms with E-state index < -0.39 is 0 Å². The van der Waals surface area contributed by atoms with Crippen molar-refractivity contribution in [1.82, 2.24) is 5.32 Å². The molecule has 4 aliphatic rings. The van der Waals surface area contributed by atoms with Crippen molar-refractivity contribution in [2.45, 2.75) is 111 Å². The van der Waals surface area contributed by atoms with Crippen LogP contribution in [0.5, 0.6) is 0 Å². The number of alkyl carbamates (subject to hydrolysis) is 1. The predicted octanol–water partition coefficient (Wildman–Crippen LogP) is 7.11. The van der Waals surface area contributed by atoms with Crippen LogP contribution >= 0.6 is 0 Å². The number of hydrogen-bond acceptors (Lipinski definition) is 3. The largest absolute Gasteiger partial charge is 0.446 e. The third kappa shape index (κ3) is 4.95. The zero-order valence-electron chi connectivity index (χ0n) is 22.6. The standard InChI is InChI=1S/C30H51NO3/c1-20(2)7-6-8-21(3)25-11-12-26-24-10-9-22-19-23(34-28(33)31-17-18-32)13-15-29(22,4)27(24)14-16-30(25,26)5/h9,20-21,23-27,32H,6-8,10-19H2,1-5H3,(H,31,33)/t21-,23?,24?,25-,26?,27?,29+,30-/m1/s1. The molecule has 2 N–H and O–H groups in total. The first-order valence-electron chi connectivity index (χ1n) is 14.4. The molecule has 4 aliphatic carbocycles. The first-order valence-corrected chi connectivity index (χ1v) is 14.4. The van der Waals surface area contributed by atoms with Crippen LogP contribution in [-0.2, 0) is 4.74 Å². The molecule has 0 radical (unpaired) electrons. The van der Waals surface area contributed by atoms with E-state index in [1.165, 1.54) is 51.4 Å². The van der Waals surface area contributed by atoms with Gasteiger partial charge in [-0.25, -0.2) is 4.79 Å². The van der Waals surface area contributed by atoms with Crippen molar-refractivity contribution in [3.05, 3.63) is 11.6 Å². The minimum absolute atomic E-state index is 0.0222. The molecule has 8 atom stereocenters. The minimum Gasteiger partial charge on any atom is -0.446 e. The molecule has 0 aliphatic heterocycles. The van der Waals surface area contributed by atoms with Crippen LogP contribution in [0.4, 0.5) is 4.79 Å². The van der Waals surface area contributed by atoms with E-state index in [2.05, 4.69) is 46.0 Å². The number of nitrogens with one attached hydrogen (secondary N) is 1. The third-order valence-electron chi connectivity index (χ3n) is 10.9. The summed E-state index contributed by atoms with van der Waals surface area (Å²) >= 11 is 0. The summed E-state index contributed by atoms with van der Waals surface area (Å²) in [6, 6.07) is 0. The normalized spacial score (nSPS) is 40.1. The highest BCUT2D eigenvalue weighted by Crippen LogP contribution is 2.67. The molecule has 0 aromatic rings. The van der Waals surface area contributed by atoms with Crippen molar-refractivity contribution in [1.29, 1.82) is 0 Å². The number of allylic oxidation sites excluding steroid dienone is 1. The average Bonchev–Trinajstić information content (AvgIpc) is 3.15. The molecule has 3 fully saturated rings. The highest BCUT2D eigenvalue weighted by Gasteiger charge is 2.59. The van der Waals surface area contributed by atoms with E-state index in [4.69, 9.17) is 9.84 Å². The van der Waals surface area contributed by atoms with Crippen molar-refractivity contribution in [2.75, 3.05) is 13.2 Å². The SMILES string of the molecule is CC(C)CCC[C@@H](C)[C@H]1CCC2C3CC=C4CC(OC(=O)NCCO)CC[C@]4(C)C3CC[C@@]21C. The van der Waals surface area contributed by atoms with Gasteiger partial charge in [-0.1, -0.05) is 65.5 Å². The summed E-state index contributed by atoms with van der Waals surface area (Å²) in [7, 11) is 0. The number of hydrogen-bond donors (Lipinski definition) is 2. The lowest BCUT2D eigenvalue weighted by Gasteiger charge is -2.58. The Morgan fingerprint density at radius 2 is 1.91 bits per heavy atom. The Kier molecular flexibility index (Phi) is 8.06. The fraction of sp³-hybridized carbons (Fsp3) is 0.900. The molecule has 34 heavy (non-hydrogen) atoms. The van der Waals surface area contributed by atoms with Gasteiger partial charge >= 0.3 is 6.09 Å². The van der Waals surface area contributed by atoms with Crippen LogP contribution in [0.3, 0.4) is 0 Å². The summed E-state index contributed by atoms with van der Waals surface area (Å²) in [5, 5.41) is 11.6. The van der Waals surface area contributed by atoms with Gasteiger partial charge in [0.15, 0.2) is 0 Å². The van der Waals surface area contributed by atoms with Gasteiger partial charge in [-0.05, 0) is 91.3 Å². The second-order valence-electron chi connectivity index (χ2n) is 13.2. The molecule has 0 spiro atoms. The van der Waals surface area contributed by atoms with Crippen LogP contribution in [0.1, 0.15) is 105 Å². The first-order chi connectivity index (χ1) is 16.2. The number of fused-ring (bicyclic) bond motifs is 5. The lowest BCUT2D eigenvalue weighted by atomic mass is 9.47. The number of aliphatic hydroxyl groups excluding tert-OH is 1. The molecule has 0 saturated heterocycles. The molecular formula is C30H51NO3. The Balaban J connectivity index is 1.41. The summed E-state index contributed by atoms with van der Waals surface area (Å²) in [5.41, 5.74) is 2.37.